The van der Waals surface area contributed by atoms with Gasteiger partial charge in [0, 0.05) is 31.7 Å². The van der Waals surface area contributed by atoms with E-state index >= 15 is 0 Å². The summed E-state index contributed by atoms with van der Waals surface area (Å²) in [6, 6.07) is 0. The summed E-state index contributed by atoms with van der Waals surface area (Å²) in [7, 11) is 1.34. The molecule has 7 nitrogen and oxygen atoms in total. The third kappa shape index (κ3) is 5.77. The van der Waals surface area contributed by atoms with Gasteiger partial charge < -0.3 is 19.9 Å². The van der Waals surface area contributed by atoms with Crippen molar-refractivity contribution in [3.8, 4) is 0 Å². The number of ether oxygens (including phenoxy) is 1. The Hall–Kier alpha value is -2.57. The predicted octanol–water partition coefficient (Wildman–Crippen LogP) is 3.67. The van der Waals surface area contributed by atoms with E-state index in [1.165, 1.54) is 38.4 Å². The molecule has 170 valence electrons. The summed E-state index contributed by atoms with van der Waals surface area (Å²) in [5.74, 6) is -0.121. The molecule has 1 aliphatic heterocycles. The van der Waals surface area contributed by atoms with Crippen molar-refractivity contribution in [2.24, 2.45) is 5.92 Å². The number of esters is 1. The molecule has 7 heteroatoms. The number of H-pyrrole nitrogens is 1. The van der Waals surface area contributed by atoms with Crippen molar-refractivity contribution < 1.29 is 19.1 Å². The van der Waals surface area contributed by atoms with E-state index in [2.05, 4.69) is 16.4 Å². The van der Waals surface area contributed by atoms with E-state index in [1.807, 2.05) is 4.90 Å². The molecule has 1 aliphatic carbocycles. The zero-order chi connectivity index (χ0) is 22.4. The zero-order valence-electron chi connectivity index (χ0n) is 19.0. The Labute approximate surface area is 184 Å². The van der Waals surface area contributed by atoms with Crippen LogP contribution in [0.4, 0.5) is 0 Å². The number of allylic oxidation sites excluding steroid dienone is 1. The molecule has 2 amide bonds. The Bertz CT molecular complexity index is 847. The molecule has 2 heterocycles. The molecule has 2 N–H and O–H groups in total. The summed E-state index contributed by atoms with van der Waals surface area (Å²) >= 11 is 0. The summed E-state index contributed by atoms with van der Waals surface area (Å²) in [6.45, 7) is 5.49. The van der Waals surface area contributed by atoms with Gasteiger partial charge in [-0.15, -0.1) is 0 Å². The highest BCUT2D eigenvalue weighted by atomic mass is 16.5. The van der Waals surface area contributed by atoms with Gasteiger partial charge in [0.2, 0.25) is 5.91 Å². The highest BCUT2D eigenvalue weighted by molar-refractivity contribution is 6.00. The number of hydrogen-bond acceptors (Lipinski definition) is 4. The van der Waals surface area contributed by atoms with Gasteiger partial charge >= 0.3 is 5.97 Å². The second-order valence-corrected chi connectivity index (χ2v) is 8.76. The third-order valence-electron chi connectivity index (χ3n) is 6.57. The van der Waals surface area contributed by atoms with E-state index < -0.39 is 5.97 Å². The maximum Gasteiger partial charge on any atom is 0.339 e. The number of hydrogen-bond donors (Lipinski definition) is 2. The minimum absolute atomic E-state index is 0.0978. The Morgan fingerprint density at radius 3 is 2.58 bits per heavy atom. The van der Waals surface area contributed by atoms with Gasteiger partial charge in [0.25, 0.3) is 5.91 Å². The Morgan fingerprint density at radius 1 is 1.19 bits per heavy atom. The van der Waals surface area contributed by atoms with Gasteiger partial charge in [0.05, 0.1) is 12.7 Å². The lowest BCUT2D eigenvalue weighted by molar-refractivity contribution is -0.122. The van der Waals surface area contributed by atoms with Crippen LogP contribution >= 0.6 is 0 Å². The number of amides is 2. The first-order valence-corrected chi connectivity index (χ1v) is 11.4. The van der Waals surface area contributed by atoms with Crippen LogP contribution in [-0.2, 0) is 9.53 Å². The van der Waals surface area contributed by atoms with Gasteiger partial charge in [-0.25, -0.2) is 4.79 Å². The van der Waals surface area contributed by atoms with Crippen LogP contribution in [0.3, 0.4) is 0 Å². The topological polar surface area (TPSA) is 91.5 Å². The number of piperidine rings is 1. The molecule has 1 aromatic heterocycles. The molecule has 31 heavy (non-hydrogen) atoms. The van der Waals surface area contributed by atoms with E-state index in [-0.39, 0.29) is 11.8 Å². The fourth-order valence-electron chi connectivity index (χ4n) is 4.70. The lowest BCUT2D eigenvalue weighted by Crippen LogP contribution is -2.40. The van der Waals surface area contributed by atoms with Crippen LogP contribution in [0.15, 0.2) is 11.6 Å². The second-order valence-electron chi connectivity index (χ2n) is 8.76. The minimum atomic E-state index is -0.435. The van der Waals surface area contributed by atoms with Crippen molar-refractivity contribution in [1.29, 1.82) is 0 Å². The van der Waals surface area contributed by atoms with Gasteiger partial charge in [0.15, 0.2) is 0 Å². The number of carbonyl (C=O) groups excluding carboxylic acids is 3. The number of carbonyl (C=O) groups is 3. The first-order valence-electron chi connectivity index (χ1n) is 11.4. The molecule has 0 atom stereocenters. The van der Waals surface area contributed by atoms with Crippen molar-refractivity contribution in [2.45, 2.75) is 65.2 Å². The van der Waals surface area contributed by atoms with Crippen LogP contribution in [0.1, 0.15) is 83.5 Å². The first kappa shape index (κ1) is 23.1. The molecule has 0 unspecified atom stereocenters. The van der Waals surface area contributed by atoms with Crippen molar-refractivity contribution in [3.05, 3.63) is 34.2 Å². The molecule has 1 saturated heterocycles. The number of aryl methyl sites for hydroxylation is 1. The third-order valence-corrected chi connectivity index (χ3v) is 6.57. The van der Waals surface area contributed by atoms with E-state index in [4.69, 9.17) is 4.74 Å². The minimum Gasteiger partial charge on any atom is -0.465 e. The molecule has 3 rings (SSSR count). The molecular weight excluding hydrogens is 394 g/mol. The number of aromatic nitrogens is 1. The van der Waals surface area contributed by atoms with Gasteiger partial charge in [-0.3, -0.25) is 9.59 Å². The molecular formula is C24H35N3O4. The monoisotopic (exact) mass is 429 g/mol. The molecule has 0 bridgehead atoms. The summed E-state index contributed by atoms with van der Waals surface area (Å²) in [5.41, 5.74) is 3.63. The van der Waals surface area contributed by atoms with Gasteiger partial charge in [-0.05, 0) is 70.3 Å². The summed E-state index contributed by atoms with van der Waals surface area (Å²) in [5, 5.41) is 3.06. The van der Waals surface area contributed by atoms with E-state index in [9.17, 15) is 14.4 Å². The SMILES string of the molecule is COC(=O)c1c(C)[nH]c(C(=O)N2CCC(CC(=O)NCCC3=CCCCC3)CC2)c1C. The number of aromatic amines is 1. The number of rotatable bonds is 7. The molecule has 1 fully saturated rings. The first-order chi connectivity index (χ1) is 14.9. The van der Waals surface area contributed by atoms with Crippen LogP contribution in [0, 0.1) is 19.8 Å². The van der Waals surface area contributed by atoms with Crippen LogP contribution in [0.5, 0.6) is 0 Å². The quantitative estimate of drug-likeness (QED) is 0.511. The Morgan fingerprint density at radius 2 is 1.94 bits per heavy atom. The number of methoxy groups -OCH3 is 1. The fraction of sp³-hybridized carbons (Fsp3) is 0.625. The molecule has 0 spiro atoms. The van der Waals surface area contributed by atoms with Gasteiger partial charge in [-0.1, -0.05) is 11.6 Å². The molecule has 1 aromatic rings. The van der Waals surface area contributed by atoms with Crippen molar-refractivity contribution >= 4 is 17.8 Å². The Kier molecular flexibility index (Phi) is 7.93. The maximum atomic E-state index is 13.0. The average molecular weight is 430 g/mol. The largest absolute Gasteiger partial charge is 0.465 e. The van der Waals surface area contributed by atoms with Gasteiger partial charge in [-0.2, -0.15) is 0 Å². The molecule has 0 aromatic carbocycles. The normalized spacial score (nSPS) is 17.3. The zero-order valence-corrected chi connectivity index (χ0v) is 19.0. The van der Waals surface area contributed by atoms with Gasteiger partial charge in [0.1, 0.15) is 5.69 Å². The summed E-state index contributed by atoms with van der Waals surface area (Å²) in [6.07, 6.45) is 10.3. The van der Waals surface area contributed by atoms with Crippen molar-refractivity contribution in [3.63, 3.8) is 0 Å². The standard InChI is InChI=1S/C24H35N3O4/c1-16-21(24(30)31-3)17(2)26-22(16)23(29)27-13-10-19(11-14-27)15-20(28)25-12-9-18-7-5-4-6-8-18/h7,19,26H,4-6,8-15H2,1-3H3,(H,25,28). The van der Waals surface area contributed by atoms with Crippen LogP contribution in [-0.4, -0.2) is 54.4 Å². The lowest BCUT2D eigenvalue weighted by Gasteiger charge is -2.31. The highest BCUT2D eigenvalue weighted by Crippen LogP contribution is 2.25. The second kappa shape index (κ2) is 10.6. The predicted molar refractivity (Wildman–Crippen MR) is 119 cm³/mol. The number of nitrogens with one attached hydrogen (secondary N) is 2. The lowest BCUT2D eigenvalue weighted by atomic mass is 9.92. The van der Waals surface area contributed by atoms with Crippen LogP contribution in [0.2, 0.25) is 0 Å². The average Bonchev–Trinajstić information content (AvgIpc) is 3.08. The van der Waals surface area contributed by atoms with E-state index in [0.29, 0.717) is 47.9 Å². The van der Waals surface area contributed by atoms with E-state index in [1.54, 1.807) is 13.8 Å². The molecule has 2 aliphatic rings. The van der Waals surface area contributed by atoms with Crippen LogP contribution in [0.25, 0.3) is 0 Å². The highest BCUT2D eigenvalue weighted by Gasteiger charge is 2.29. The number of likely N-dealkylation sites (tertiary alicyclic amines) is 1. The van der Waals surface area contributed by atoms with E-state index in [0.717, 1.165) is 25.8 Å². The van der Waals surface area contributed by atoms with Crippen molar-refractivity contribution in [1.82, 2.24) is 15.2 Å². The van der Waals surface area contributed by atoms with Crippen molar-refractivity contribution in [2.75, 3.05) is 26.7 Å². The maximum absolute atomic E-state index is 13.0. The molecule has 0 saturated carbocycles. The fourth-order valence-corrected chi connectivity index (χ4v) is 4.70. The summed E-state index contributed by atoms with van der Waals surface area (Å²) in [4.78, 5) is 42.1. The smallest absolute Gasteiger partial charge is 0.339 e. The molecule has 0 radical (unpaired) electrons. The summed E-state index contributed by atoms with van der Waals surface area (Å²) < 4.78 is 4.83. The Balaban J connectivity index is 1.45. The van der Waals surface area contributed by atoms with Crippen LogP contribution < -0.4 is 5.32 Å². The number of nitrogens with zero attached hydrogens (tertiary/aromatic N) is 1.